The number of carbonyl (C=O) groups is 3. The van der Waals surface area contributed by atoms with Gasteiger partial charge in [0.2, 0.25) is 0 Å². The Bertz CT molecular complexity index is 1010. The quantitative estimate of drug-likeness (QED) is 0.577. The largest absolute Gasteiger partial charge is 0.496 e. The van der Waals surface area contributed by atoms with Gasteiger partial charge in [-0.15, -0.1) is 0 Å². The van der Waals surface area contributed by atoms with Gasteiger partial charge in [0.15, 0.2) is 11.2 Å². The molecule has 0 saturated heterocycles. The number of nitrogens with zero attached hydrogens (tertiary/aromatic N) is 1. The zero-order chi connectivity index (χ0) is 21.4. The van der Waals surface area contributed by atoms with Crippen LogP contribution in [-0.2, 0) is 24.5 Å². The molecule has 0 N–H and O–H groups in total. The number of methoxy groups -OCH3 is 2. The Kier molecular flexibility index (Phi) is 5.26. The third-order valence-electron chi connectivity index (χ3n) is 4.97. The molecule has 0 aliphatic heterocycles. The molecule has 7 nitrogen and oxygen atoms in total. The minimum atomic E-state index is -1.48. The van der Waals surface area contributed by atoms with Crippen LogP contribution < -0.4 is 4.74 Å². The van der Waals surface area contributed by atoms with Gasteiger partial charge >= 0.3 is 12.1 Å². The number of rotatable bonds is 3. The molecule has 1 atom stereocenters. The Morgan fingerprint density at radius 2 is 1.90 bits per heavy atom. The van der Waals surface area contributed by atoms with E-state index < -0.39 is 23.1 Å². The average Bonchev–Trinajstić information content (AvgIpc) is 3.08. The standard InChI is InChI=1S/C22H25NO6/c1-21(2,3)29-20(26)23-11-9-14-12-15(17(27-4)13-16(14)23)22(19(25)28-5)10-7-6-8-18(22)24/h6,8-9,11-13H,7,10H2,1-5H3/t22-/m0/s1. The summed E-state index contributed by atoms with van der Waals surface area (Å²) in [6, 6.07) is 5.09. The fourth-order valence-electron chi connectivity index (χ4n) is 3.65. The van der Waals surface area contributed by atoms with Crippen molar-refractivity contribution >= 4 is 28.7 Å². The van der Waals surface area contributed by atoms with Gasteiger partial charge in [-0.1, -0.05) is 6.08 Å². The second-order valence-electron chi connectivity index (χ2n) is 7.98. The van der Waals surface area contributed by atoms with Crippen molar-refractivity contribution in [3.8, 4) is 5.75 Å². The Balaban J connectivity index is 2.20. The number of benzene rings is 1. The average molecular weight is 399 g/mol. The Morgan fingerprint density at radius 1 is 1.17 bits per heavy atom. The van der Waals surface area contributed by atoms with Gasteiger partial charge in [0.1, 0.15) is 11.4 Å². The third kappa shape index (κ3) is 3.52. The van der Waals surface area contributed by atoms with Crippen LogP contribution in [0.1, 0.15) is 39.2 Å². The lowest BCUT2D eigenvalue weighted by Gasteiger charge is -2.32. The Hall–Kier alpha value is -3.09. The maximum atomic E-state index is 12.9. The second-order valence-corrected chi connectivity index (χ2v) is 7.98. The van der Waals surface area contributed by atoms with E-state index in [0.717, 1.165) is 0 Å². The molecule has 0 fully saturated rings. The minimum Gasteiger partial charge on any atom is -0.496 e. The number of aromatic nitrogens is 1. The third-order valence-corrected chi connectivity index (χ3v) is 4.97. The smallest absolute Gasteiger partial charge is 0.418 e. The van der Waals surface area contributed by atoms with Crippen LogP contribution in [-0.4, -0.2) is 42.2 Å². The number of fused-ring (bicyclic) bond motifs is 1. The SMILES string of the molecule is COC(=O)[C@]1(c2cc3ccn(C(=O)OC(C)(C)C)c3cc2OC)CCC=CC1=O. The molecule has 1 heterocycles. The molecule has 3 rings (SSSR count). The molecular weight excluding hydrogens is 374 g/mol. The molecule has 0 saturated carbocycles. The summed E-state index contributed by atoms with van der Waals surface area (Å²) < 4.78 is 17.4. The molecular formula is C22H25NO6. The van der Waals surface area contributed by atoms with Crippen molar-refractivity contribution in [3.63, 3.8) is 0 Å². The zero-order valence-electron chi connectivity index (χ0n) is 17.3. The van der Waals surface area contributed by atoms with Crippen molar-refractivity contribution in [1.29, 1.82) is 0 Å². The van der Waals surface area contributed by atoms with E-state index in [1.165, 1.54) is 24.9 Å². The van der Waals surface area contributed by atoms with Gasteiger partial charge in [-0.25, -0.2) is 4.79 Å². The molecule has 2 aromatic rings. The fourth-order valence-corrected chi connectivity index (χ4v) is 3.65. The predicted molar refractivity (Wildman–Crippen MR) is 107 cm³/mol. The van der Waals surface area contributed by atoms with Crippen LogP contribution in [0.2, 0.25) is 0 Å². The first-order valence-corrected chi connectivity index (χ1v) is 9.36. The maximum absolute atomic E-state index is 12.9. The second kappa shape index (κ2) is 7.39. The van der Waals surface area contributed by atoms with Crippen LogP contribution in [0.3, 0.4) is 0 Å². The van der Waals surface area contributed by atoms with E-state index >= 15 is 0 Å². The first-order valence-electron chi connectivity index (χ1n) is 9.36. The highest BCUT2D eigenvalue weighted by Gasteiger charge is 2.50. The molecule has 0 spiro atoms. The van der Waals surface area contributed by atoms with Crippen LogP contribution >= 0.6 is 0 Å². The summed E-state index contributed by atoms with van der Waals surface area (Å²) >= 11 is 0. The summed E-state index contributed by atoms with van der Waals surface area (Å²) in [5.41, 5.74) is -1.14. The lowest BCUT2D eigenvalue weighted by atomic mass is 9.70. The highest BCUT2D eigenvalue weighted by molar-refractivity contribution is 6.16. The topological polar surface area (TPSA) is 83.8 Å². The van der Waals surface area contributed by atoms with Crippen molar-refractivity contribution in [2.24, 2.45) is 0 Å². The van der Waals surface area contributed by atoms with Gasteiger partial charge in [-0.3, -0.25) is 14.2 Å². The number of carbonyl (C=O) groups excluding carboxylic acids is 3. The lowest BCUT2D eigenvalue weighted by molar-refractivity contribution is -0.151. The molecule has 0 radical (unpaired) electrons. The monoisotopic (exact) mass is 399 g/mol. The van der Waals surface area contributed by atoms with E-state index in [-0.39, 0.29) is 12.2 Å². The molecule has 0 unspecified atom stereocenters. The number of allylic oxidation sites excluding steroid dienone is 2. The van der Waals surface area contributed by atoms with Crippen molar-refractivity contribution in [2.75, 3.05) is 14.2 Å². The number of hydrogen-bond acceptors (Lipinski definition) is 6. The van der Waals surface area contributed by atoms with E-state index in [0.29, 0.717) is 28.6 Å². The summed E-state index contributed by atoms with van der Waals surface area (Å²) in [5.74, 6) is -0.647. The van der Waals surface area contributed by atoms with E-state index in [1.807, 2.05) is 0 Å². The molecule has 154 valence electrons. The normalized spacial score (nSPS) is 19.3. The van der Waals surface area contributed by atoms with Gasteiger partial charge in [0, 0.05) is 23.2 Å². The fraction of sp³-hybridized carbons (Fsp3) is 0.409. The molecule has 0 amide bonds. The lowest BCUT2D eigenvalue weighted by Crippen LogP contribution is -2.45. The van der Waals surface area contributed by atoms with Crippen LogP contribution in [0.25, 0.3) is 10.9 Å². The highest BCUT2D eigenvalue weighted by atomic mass is 16.6. The van der Waals surface area contributed by atoms with Crippen LogP contribution in [0.5, 0.6) is 5.75 Å². The summed E-state index contributed by atoms with van der Waals surface area (Å²) in [5, 5.41) is 0.678. The van der Waals surface area contributed by atoms with Gasteiger partial charge in [-0.2, -0.15) is 0 Å². The maximum Gasteiger partial charge on any atom is 0.418 e. The zero-order valence-corrected chi connectivity index (χ0v) is 17.3. The molecule has 1 aromatic heterocycles. The highest BCUT2D eigenvalue weighted by Crippen LogP contribution is 2.42. The summed E-state index contributed by atoms with van der Waals surface area (Å²) in [6.45, 7) is 5.37. The molecule has 1 aliphatic carbocycles. The molecule has 1 aliphatic rings. The van der Waals surface area contributed by atoms with E-state index in [1.54, 1.807) is 51.2 Å². The number of hydrogen-bond donors (Lipinski definition) is 0. The Morgan fingerprint density at radius 3 is 2.48 bits per heavy atom. The first kappa shape index (κ1) is 20.6. The molecule has 0 bridgehead atoms. The van der Waals surface area contributed by atoms with Crippen LogP contribution in [0.4, 0.5) is 4.79 Å². The van der Waals surface area contributed by atoms with E-state index in [2.05, 4.69) is 0 Å². The molecule has 7 heteroatoms. The van der Waals surface area contributed by atoms with Crippen molar-refractivity contribution in [2.45, 2.75) is 44.6 Å². The van der Waals surface area contributed by atoms with Crippen LogP contribution in [0.15, 0.2) is 36.5 Å². The minimum absolute atomic E-state index is 0.281. The van der Waals surface area contributed by atoms with E-state index in [4.69, 9.17) is 14.2 Å². The Labute approximate surface area is 169 Å². The van der Waals surface area contributed by atoms with Crippen molar-refractivity contribution < 1.29 is 28.6 Å². The van der Waals surface area contributed by atoms with Crippen molar-refractivity contribution in [1.82, 2.24) is 4.57 Å². The van der Waals surface area contributed by atoms with E-state index in [9.17, 15) is 14.4 Å². The number of ketones is 1. The molecule has 29 heavy (non-hydrogen) atoms. The van der Waals surface area contributed by atoms with Gasteiger partial charge in [0.05, 0.1) is 19.7 Å². The van der Waals surface area contributed by atoms with Gasteiger partial charge < -0.3 is 14.2 Å². The van der Waals surface area contributed by atoms with Crippen molar-refractivity contribution in [3.05, 3.63) is 42.1 Å². The molecule has 1 aromatic carbocycles. The number of esters is 1. The van der Waals surface area contributed by atoms with Crippen LogP contribution in [0, 0.1) is 0 Å². The summed E-state index contributed by atoms with van der Waals surface area (Å²) in [4.78, 5) is 38.2. The predicted octanol–water partition coefficient (Wildman–Crippen LogP) is 3.76. The number of ether oxygens (including phenoxy) is 3. The summed E-state index contributed by atoms with van der Waals surface area (Å²) in [7, 11) is 2.72. The van der Waals surface area contributed by atoms with Gasteiger partial charge in [0.25, 0.3) is 0 Å². The summed E-state index contributed by atoms with van der Waals surface area (Å²) in [6.07, 6.45) is 5.06. The van der Waals surface area contributed by atoms with Gasteiger partial charge in [-0.05, 0) is 51.8 Å². The first-order chi connectivity index (χ1) is 13.6.